The number of nitrogen functional groups attached to an aromatic ring is 1. The summed E-state index contributed by atoms with van der Waals surface area (Å²) >= 11 is 0. The van der Waals surface area contributed by atoms with Gasteiger partial charge < -0.3 is 39.1 Å². The van der Waals surface area contributed by atoms with Gasteiger partial charge in [-0.3, -0.25) is 34.2 Å². The van der Waals surface area contributed by atoms with Gasteiger partial charge in [0.2, 0.25) is 11.8 Å². The number of piperidine rings is 2. The average Bonchev–Trinajstić information content (AvgIpc) is 3.87. The predicted octanol–water partition coefficient (Wildman–Crippen LogP) is 4.03. The highest BCUT2D eigenvalue weighted by Gasteiger charge is 2.46. The minimum Gasteiger partial charge on any atom is -0.490 e. The van der Waals surface area contributed by atoms with Crippen molar-refractivity contribution in [2.75, 3.05) is 78.3 Å². The Bertz CT molecular complexity index is 2720. The highest BCUT2D eigenvalue weighted by Crippen LogP contribution is 2.36. The van der Waals surface area contributed by atoms with Crippen LogP contribution in [0.2, 0.25) is 0 Å². The molecule has 68 heavy (non-hydrogen) atoms. The number of fused-ring (bicyclic) bond motifs is 2. The van der Waals surface area contributed by atoms with Crippen molar-refractivity contribution < 1.29 is 52.4 Å². The second-order valence-electron chi connectivity index (χ2n) is 15.9. The van der Waals surface area contributed by atoms with Crippen LogP contribution in [0.3, 0.4) is 0 Å². The van der Waals surface area contributed by atoms with Gasteiger partial charge in [-0.05, 0) is 73.9 Å². The van der Waals surface area contributed by atoms with E-state index in [1.54, 1.807) is 17.0 Å². The van der Waals surface area contributed by atoms with Gasteiger partial charge in [0.15, 0.2) is 5.65 Å². The Balaban J connectivity index is 0.712. The molecule has 0 aliphatic carbocycles. The number of nitrogens with zero attached hydrogens (tertiary/aromatic N) is 7. The van der Waals surface area contributed by atoms with E-state index >= 15 is 0 Å². The molecule has 3 aromatic carbocycles. The zero-order valence-electron chi connectivity index (χ0n) is 37.0. The van der Waals surface area contributed by atoms with Crippen LogP contribution in [0, 0.1) is 11.3 Å². The molecule has 0 spiro atoms. The second-order valence-corrected chi connectivity index (χ2v) is 15.9. The Morgan fingerprint density at radius 1 is 0.824 bits per heavy atom. The van der Waals surface area contributed by atoms with E-state index in [0.717, 1.165) is 22.6 Å². The summed E-state index contributed by atoms with van der Waals surface area (Å²) in [7, 11) is 0. The molecule has 352 valence electrons. The molecule has 5 heterocycles. The van der Waals surface area contributed by atoms with Crippen LogP contribution in [0.1, 0.15) is 52.4 Å². The molecule has 20 nitrogen and oxygen atoms in total. The van der Waals surface area contributed by atoms with Gasteiger partial charge in [0.05, 0.1) is 75.4 Å². The van der Waals surface area contributed by atoms with Crippen molar-refractivity contribution in [3.05, 3.63) is 102 Å². The molecule has 5 aromatic rings. The van der Waals surface area contributed by atoms with Gasteiger partial charge in [0.25, 0.3) is 17.7 Å². The molecule has 8 rings (SSSR count). The fourth-order valence-electron chi connectivity index (χ4n) is 8.15. The number of likely N-dealkylation sites (tertiary alicyclic amines) is 1. The van der Waals surface area contributed by atoms with E-state index in [4.69, 9.17) is 39.3 Å². The quantitative estimate of drug-likeness (QED) is 0.0456. The van der Waals surface area contributed by atoms with Gasteiger partial charge in [-0.1, -0.05) is 24.3 Å². The minimum atomic E-state index is -1.06. The fourth-order valence-corrected chi connectivity index (χ4v) is 8.15. The minimum absolute atomic E-state index is 0.0160. The van der Waals surface area contributed by atoms with Crippen molar-refractivity contribution in [2.45, 2.75) is 37.8 Å². The largest absolute Gasteiger partial charge is 0.490 e. The first-order valence-corrected chi connectivity index (χ1v) is 22.2. The number of imide groups is 2. The Hall–Kier alpha value is -7.57. The van der Waals surface area contributed by atoms with Crippen LogP contribution < -0.4 is 20.5 Å². The van der Waals surface area contributed by atoms with Crippen LogP contribution >= 0.6 is 0 Å². The van der Waals surface area contributed by atoms with E-state index in [1.807, 2.05) is 65.3 Å². The van der Waals surface area contributed by atoms with Crippen LogP contribution in [0.25, 0.3) is 22.3 Å². The third-order valence-corrected chi connectivity index (χ3v) is 11.4. The molecule has 2 fully saturated rings. The maximum absolute atomic E-state index is 13.6. The number of carbonyl (C=O) groups is 5. The maximum atomic E-state index is 13.6. The Morgan fingerprint density at radius 3 is 2.25 bits per heavy atom. The Kier molecular flexibility index (Phi) is 15.4. The van der Waals surface area contributed by atoms with Crippen LogP contribution in [-0.2, 0) is 33.3 Å². The number of ether oxygens (including phenoxy) is 6. The van der Waals surface area contributed by atoms with Crippen molar-refractivity contribution in [1.82, 2.24) is 34.9 Å². The molecule has 3 N–H and O–H groups in total. The highest BCUT2D eigenvalue weighted by atomic mass is 16.6. The SMILES string of the molecule is N#CC(=CCOCCOCCOCCOCCOc1cccc2c1C(=O)N(C1CCC(=O)NC1=O)C2=O)C(=O)N1CCCC(n2nc(-c3ccc(Oc4ccccc4)cc3)c3c(N)ncnc32)C1. The maximum Gasteiger partial charge on any atom is 0.266 e. The first-order valence-electron chi connectivity index (χ1n) is 22.2. The van der Waals surface area contributed by atoms with E-state index in [-0.39, 0.29) is 86.9 Å². The van der Waals surface area contributed by atoms with Crippen LogP contribution in [0.5, 0.6) is 17.2 Å². The van der Waals surface area contributed by atoms with Crippen molar-refractivity contribution in [1.29, 1.82) is 5.26 Å². The van der Waals surface area contributed by atoms with Gasteiger partial charge in [0.1, 0.15) is 59.4 Å². The molecular formula is C48H49N9O11. The van der Waals surface area contributed by atoms with Crippen LogP contribution in [0.4, 0.5) is 5.82 Å². The number of benzene rings is 3. The Labute approximate surface area is 390 Å². The second kappa shape index (κ2) is 22.3. The van der Waals surface area contributed by atoms with E-state index in [2.05, 4.69) is 15.3 Å². The number of nitrogens with two attached hydrogens (primary N) is 1. The van der Waals surface area contributed by atoms with Gasteiger partial charge in [0, 0.05) is 25.1 Å². The van der Waals surface area contributed by atoms with Gasteiger partial charge in [-0.2, -0.15) is 10.4 Å². The van der Waals surface area contributed by atoms with Crippen LogP contribution in [-0.4, -0.2) is 138 Å². The average molecular weight is 928 g/mol. The first-order chi connectivity index (χ1) is 33.2. The first kappa shape index (κ1) is 46.9. The fraction of sp³-hybridized carbons (Fsp3) is 0.354. The number of carbonyl (C=O) groups excluding carboxylic acids is 5. The zero-order chi connectivity index (χ0) is 47.4. The monoisotopic (exact) mass is 927 g/mol. The van der Waals surface area contributed by atoms with Crippen molar-refractivity contribution in [2.24, 2.45) is 0 Å². The summed E-state index contributed by atoms with van der Waals surface area (Å²) in [6.45, 7) is 2.83. The molecule has 0 saturated carbocycles. The molecule has 2 atom stereocenters. The van der Waals surface area contributed by atoms with E-state index in [9.17, 15) is 29.2 Å². The number of rotatable bonds is 21. The number of aromatic nitrogens is 4. The summed E-state index contributed by atoms with van der Waals surface area (Å²) in [5.74, 6) is -0.888. The molecule has 20 heteroatoms. The van der Waals surface area contributed by atoms with Gasteiger partial charge in [-0.15, -0.1) is 0 Å². The van der Waals surface area contributed by atoms with Crippen molar-refractivity contribution in [3.63, 3.8) is 0 Å². The summed E-state index contributed by atoms with van der Waals surface area (Å²) in [6, 6.07) is 22.4. The molecular weight excluding hydrogens is 879 g/mol. The van der Waals surface area contributed by atoms with E-state index in [1.165, 1.54) is 18.5 Å². The number of amides is 5. The topological polar surface area (TPSA) is 253 Å². The van der Waals surface area contributed by atoms with E-state index in [0.29, 0.717) is 67.6 Å². The standard InChI is InChI=1S/C48H49N9O11/c49-28-32(46(60)55-18-5-6-33(29-55)57-44-41(43(50)51-30-52-44)42(54-57)31-11-13-35(14-12-31)68-34-7-2-1-3-8-34)17-19-63-20-21-64-22-23-65-24-25-66-26-27-67-38-10-4-9-36-40(38)48(62)56(47(36)61)37-15-16-39(58)53-45(37)59/h1-4,7-14,17,30,33,37H,5-6,15-16,18-27,29H2,(H2,50,51,52)(H,53,58,59). The normalized spacial score (nSPS) is 17.3. The molecule has 3 aliphatic rings. The Morgan fingerprint density at radius 2 is 1.53 bits per heavy atom. The molecule has 2 aromatic heterocycles. The lowest BCUT2D eigenvalue weighted by atomic mass is 10.0. The van der Waals surface area contributed by atoms with E-state index < -0.39 is 29.7 Å². The lowest BCUT2D eigenvalue weighted by Crippen LogP contribution is -2.54. The zero-order valence-corrected chi connectivity index (χ0v) is 37.0. The number of anilines is 1. The summed E-state index contributed by atoms with van der Waals surface area (Å²) < 4.78 is 35.8. The summed E-state index contributed by atoms with van der Waals surface area (Å²) in [5.41, 5.74) is 8.55. The highest BCUT2D eigenvalue weighted by molar-refractivity contribution is 6.24. The predicted molar refractivity (Wildman–Crippen MR) is 242 cm³/mol. The van der Waals surface area contributed by atoms with Crippen molar-refractivity contribution >= 4 is 46.4 Å². The van der Waals surface area contributed by atoms with Gasteiger partial charge in [-0.25, -0.2) is 14.6 Å². The van der Waals surface area contributed by atoms with Crippen molar-refractivity contribution in [3.8, 4) is 34.6 Å². The molecule has 0 radical (unpaired) electrons. The third-order valence-electron chi connectivity index (χ3n) is 11.4. The summed E-state index contributed by atoms with van der Waals surface area (Å²) in [5, 5.41) is 17.7. The lowest BCUT2D eigenvalue weighted by Gasteiger charge is -2.32. The number of nitrogens with one attached hydrogen (secondary N) is 1. The number of nitriles is 1. The molecule has 0 bridgehead atoms. The molecule has 3 aliphatic heterocycles. The van der Waals surface area contributed by atoms with Gasteiger partial charge >= 0.3 is 0 Å². The summed E-state index contributed by atoms with van der Waals surface area (Å²) in [4.78, 5) is 75.0. The molecule has 5 amide bonds. The summed E-state index contributed by atoms with van der Waals surface area (Å²) in [6.07, 6.45) is 4.40. The molecule has 2 unspecified atom stereocenters. The number of hydrogen-bond donors (Lipinski definition) is 2. The number of para-hydroxylation sites is 1. The van der Waals surface area contributed by atoms with Crippen LogP contribution in [0.15, 0.2) is 90.8 Å². The smallest absolute Gasteiger partial charge is 0.266 e. The lowest BCUT2D eigenvalue weighted by molar-refractivity contribution is -0.136. The molecule has 2 saturated heterocycles. The number of hydrogen-bond acceptors (Lipinski definition) is 16. The third kappa shape index (κ3) is 10.8.